The lowest BCUT2D eigenvalue weighted by atomic mass is 10.2. The molecular formula is C21H26FN3O4S. The van der Waals surface area contributed by atoms with Crippen LogP contribution in [0.25, 0.3) is 0 Å². The zero-order valence-corrected chi connectivity index (χ0v) is 17.9. The first-order valence-corrected chi connectivity index (χ1v) is 11.2. The summed E-state index contributed by atoms with van der Waals surface area (Å²) in [5.74, 6) is -0.0919. The number of carbonyl (C=O) groups is 1. The van der Waals surface area contributed by atoms with Crippen LogP contribution in [0.5, 0.6) is 5.75 Å². The summed E-state index contributed by atoms with van der Waals surface area (Å²) in [6.45, 7) is 3.41. The molecule has 1 amide bonds. The minimum atomic E-state index is -3.71. The highest BCUT2D eigenvalue weighted by molar-refractivity contribution is 7.89. The number of halogens is 1. The zero-order valence-electron chi connectivity index (χ0n) is 17.0. The van der Waals surface area contributed by atoms with Crippen molar-refractivity contribution in [2.45, 2.75) is 24.3 Å². The predicted octanol–water partition coefficient (Wildman–Crippen LogP) is 2.56. The topological polar surface area (TPSA) is 79.0 Å². The maximum atomic E-state index is 13.1. The fourth-order valence-corrected chi connectivity index (χ4v) is 4.92. The van der Waals surface area contributed by atoms with Gasteiger partial charge in [-0.25, -0.2) is 12.8 Å². The van der Waals surface area contributed by atoms with Crippen LogP contribution in [-0.4, -0.2) is 62.9 Å². The van der Waals surface area contributed by atoms with Gasteiger partial charge in [-0.1, -0.05) is 12.1 Å². The van der Waals surface area contributed by atoms with Gasteiger partial charge in [-0.15, -0.1) is 0 Å². The minimum Gasteiger partial charge on any atom is -0.495 e. The van der Waals surface area contributed by atoms with E-state index in [9.17, 15) is 17.6 Å². The van der Waals surface area contributed by atoms with Crippen molar-refractivity contribution in [3.63, 3.8) is 0 Å². The lowest BCUT2D eigenvalue weighted by Crippen LogP contribution is -2.44. The van der Waals surface area contributed by atoms with Gasteiger partial charge in [-0.2, -0.15) is 4.31 Å². The van der Waals surface area contributed by atoms with Crippen molar-refractivity contribution >= 4 is 21.6 Å². The van der Waals surface area contributed by atoms with E-state index in [1.165, 1.54) is 16.4 Å². The number of carbonyl (C=O) groups excluding carboxylic acids is 1. The highest BCUT2D eigenvalue weighted by Gasteiger charge is 2.30. The van der Waals surface area contributed by atoms with Crippen LogP contribution in [0.15, 0.2) is 53.4 Å². The summed E-state index contributed by atoms with van der Waals surface area (Å²) >= 11 is 0. The van der Waals surface area contributed by atoms with Crippen molar-refractivity contribution in [2.75, 3.05) is 38.6 Å². The van der Waals surface area contributed by atoms with Gasteiger partial charge in [0.15, 0.2) is 0 Å². The lowest BCUT2D eigenvalue weighted by Gasteiger charge is -2.27. The van der Waals surface area contributed by atoms with Crippen LogP contribution in [0.1, 0.15) is 13.3 Å². The molecule has 0 aliphatic carbocycles. The summed E-state index contributed by atoms with van der Waals surface area (Å²) < 4.78 is 45.5. The number of methoxy groups -OCH3 is 1. The molecule has 3 rings (SSSR count). The summed E-state index contributed by atoms with van der Waals surface area (Å²) in [4.78, 5) is 14.8. The van der Waals surface area contributed by atoms with Crippen LogP contribution in [-0.2, 0) is 14.8 Å². The van der Waals surface area contributed by atoms with E-state index >= 15 is 0 Å². The molecule has 1 aliphatic rings. The van der Waals surface area contributed by atoms with Crippen LogP contribution in [0.2, 0.25) is 0 Å². The van der Waals surface area contributed by atoms with E-state index in [2.05, 4.69) is 5.32 Å². The van der Waals surface area contributed by atoms with E-state index in [0.29, 0.717) is 37.5 Å². The van der Waals surface area contributed by atoms with Gasteiger partial charge in [-0.3, -0.25) is 9.69 Å². The Morgan fingerprint density at radius 2 is 1.77 bits per heavy atom. The molecule has 7 nitrogen and oxygen atoms in total. The van der Waals surface area contributed by atoms with E-state index < -0.39 is 21.9 Å². The van der Waals surface area contributed by atoms with E-state index in [0.717, 1.165) is 12.1 Å². The Morgan fingerprint density at radius 3 is 2.47 bits per heavy atom. The summed E-state index contributed by atoms with van der Waals surface area (Å²) in [5, 5.41) is 2.88. The average Bonchev–Trinajstić information content (AvgIpc) is 3.00. The quantitative estimate of drug-likeness (QED) is 0.755. The number of ether oxygens (including phenoxy) is 1. The molecule has 1 unspecified atom stereocenters. The first-order chi connectivity index (χ1) is 14.3. The Kier molecular flexibility index (Phi) is 7.06. The molecule has 1 saturated heterocycles. The van der Waals surface area contributed by atoms with Crippen molar-refractivity contribution in [1.29, 1.82) is 0 Å². The SMILES string of the molecule is COc1ccccc1NC(=O)C(C)N1CCCN(S(=O)(=O)c2ccc(F)cc2)CC1. The van der Waals surface area contributed by atoms with Crippen molar-refractivity contribution < 1.29 is 22.3 Å². The highest BCUT2D eigenvalue weighted by Crippen LogP contribution is 2.24. The Morgan fingerprint density at radius 1 is 1.07 bits per heavy atom. The number of sulfonamides is 1. The molecule has 1 N–H and O–H groups in total. The van der Waals surface area contributed by atoms with E-state index in [-0.39, 0.29) is 17.3 Å². The summed E-state index contributed by atoms with van der Waals surface area (Å²) in [6.07, 6.45) is 0.590. The largest absolute Gasteiger partial charge is 0.495 e. The van der Waals surface area contributed by atoms with Crippen molar-refractivity contribution in [2.24, 2.45) is 0 Å². The van der Waals surface area contributed by atoms with Gasteiger partial charge in [-0.05, 0) is 49.7 Å². The third-order valence-corrected chi connectivity index (χ3v) is 7.15. The van der Waals surface area contributed by atoms with Gasteiger partial charge in [0, 0.05) is 26.2 Å². The van der Waals surface area contributed by atoms with Crippen molar-refractivity contribution in [3.8, 4) is 5.75 Å². The van der Waals surface area contributed by atoms with E-state index in [1.54, 1.807) is 26.2 Å². The summed E-state index contributed by atoms with van der Waals surface area (Å²) in [7, 11) is -2.17. The number of hydrogen-bond donors (Lipinski definition) is 1. The standard InChI is InChI=1S/C21H26FN3O4S/c1-16(21(26)23-19-6-3-4-7-20(19)29-2)24-12-5-13-25(15-14-24)30(27,28)18-10-8-17(22)9-11-18/h3-4,6-11,16H,5,12-15H2,1-2H3,(H,23,26). The monoisotopic (exact) mass is 435 g/mol. The molecule has 0 bridgehead atoms. The van der Waals surface area contributed by atoms with Gasteiger partial charge in [0.05, 0.1) is 23.7 Å². The van der Waals surface area contributed by atoms with Crippen LogP contribution in [0, 0.1) is 5.82 Å². The first-order valence-electron chi connectivity index (χ1n) is 9.76. The second kappa shape index (κ2) is 9.55. The average molecular weight is 436 g/mol. The van der Waals surface area contributed by atoms with Crippen LogP contribution < -0.4 is 10.1 Å². The molecule has 162 valence electrons. The molecule has 0 saturated carbocycles. The highest BCUT2D eigenvalue weighted by atomic mass is 32.2. The van der Waals surface area contributed by atoms with Gasteiger partial charge < -0.3 is 10.1 Å². The van der Waals surface area contributed by atoms with Crippen LogP contribution in [0.4, 0.5) is 10.1 Å². The minimum absolute atomic E-state index is 0.0688. The molecule has 0 radical (unpaired) electrons. The Bertz CT molecular complexity index is 982. The fourth-order valence-electron chi connectivity index (χ4n) is 3.45. The Hall–Kier alpha value is -2.49. The van der Waals surface area contributed by atoms with Gasteiger partial charge in [0.1, 0.15) is 11.6 Å². The Balaban J connectivity index is 1.65. The van der Waals surface area contributed by atoms with Crippen molar-refractivity contribution in [3.05, 3.63) is 54.3 Å². The van der Waals surface area contributed by atoms with Gasteiger partial charge in [0.2, 0.25) is 15.9 Å². The number of para-hydroxylation sites is 2. The third kappa shape index (κ3) is 4.97. The number of nitrogens with one attached hydrogen (secondary N) is 1. The van der Waals surface area contributed by atoms with E-state index in [1.807, 2.05) is 17.0 Å². The van der Waals surface area contributed by atoms with Crippen LogP contribution in [0.3, 0.4) is 0 Å². The number of nitrogens with zero attached hydrogens (tertiary/aromatic N) is 2. The van der Waals surface area contributed by atoms with Gasteiger partial charge in [0.25, 0.3) is 0 Å². The molecule has 0 spiro atoms. The molecule has 2 aromatic rings. The molecule has 1 heterocycles. The second-order valence-corrected chi connectivity index (χ2v) is 9.05. The first kappa shape index (κ1) is 22.2. The maximum absolute atomic E-state index is 13.1. The number of anilines is 1. The smallest absolute Gasteiger partial charge is 0.243 e. The molecule has 2 aromatic carbocycles. The molecule has 9 heteroatoms. The summed E-state index contributed by atoms with van der Waals surface area (Å²) in [5.41, 5.74) is 0.590. The molecule has 0 aromatic heterocycles. The fraction of sp³-hybridized carbons (Fsp3) is 0.381. The molecular weight excluding hydrogens is 409 g/mol. The molecule has 30 heavy (non-hydrogen) atoms. The molecule has 1 atom stereocenters. The van der Waals surface area contributed by atoms with Gasteiger partial charge >= 0.3 is 0 Å². The third-order valence-electron chi connectivity index (χ3n) is 5.23. The Labute approximate surface area is 176 Å². The number of rotatable bonds is 6. The van der Waals surface area contributed by atoms with Crippen LogP contribution >= 0.6 is 0 Å². The normalized spacial score (nSPS) is 17.2. The maximum Gasteiger partial charge on any atom is 0.243 e. The zero-order chi connectivity index (χ0) is 21.7. The van der Waals surface area contributed by atoms with Crippen molar-refractivity contribution in [1.82, 2.24) is 9.21 Å². The summed E-state index contributed by atoms with van der Waals surface area (Å²) in [6, 6.07) is 11.6. The molecule has 1 fully saturated rings. The number of amides is 1. The van der Waals surface area contributed by atoms with E-state index in [4.69, 9.17) is 4.74 Å². The predicted molar refractivity (Wildman–Crippen MR) is 112 cm³/mol. The number of hydrogen-bond acceptors (Lipinski definition) is 5. The second-order valence-electron chi connectivity index (χ2n) is 7.11. The molecule has 1 aliphatic heterocycles. The lowest BCUT2D eigenvalue weighted by molar-refractivity contribution is -0.120. The number of benzene rings is 2.